The van der Waals surface area contributed by atoms with E-state index >= 15 is 0 Å². The molecule has 16 heavy (non-hydrogen) atoms. The Kier molecular flexibility index (Phi) is 3.02. The molecule has 1 heterocycles. The fourth-order valence-electron chi connectivity index (χ4n) is 1.13. The molecule has 0 unspecified atom stereocenters. The molecule has 0 saturated carbocycles. The van der Waals surface area contributed by atoms with Gasteiger partial charge in [-0.3, -0.25) is 10.1 Å². The lowest BCUT2D eigenvalue weighted by molar-refractivity contribution is -0.384. The van der Waals surface area contributed by atoms with Gasteiger partial charge in [0, 0.05) is 29.9 Å². The van der Waals surface area contributed by atoms with Crippen LogP contribution >= 0.6 is 11.3 Å². The molecular weight excluding hydrogens is 226 g/mol. The Morgan fingerprint density at radius 1 is 1.50 bits per heavy atom. The van der Waals surface area contributed by atoms with E-state index in [4.69, 9.17) is 0 Å². The molecule has 2 rings (SSSR count). The number of hydrogen-bond donors (Lipinski definition) is 0. The molecule has 1 aromatic carbocycles. The van der Waals surface area contributed by atoms with Crippen molar-refractivity contribution in [1.29, 1.82) is 0 Å². The molecule has 2 aromatic rings. The summed E-state index contributed by atoms with van der Waals surface area (Å²) in [5.74, 6) is 0. The zero-order chi connectivity index (χ0) is 11.4. The first-order chi connectivity index (χ1) is 7.75. The third kappa shape index (κ3) is 2.48. The number of thiazole rings is 1. The lowest BCUT2D eigenvalue weighted by Gasteiger charge is -1.92. The summed E-state index contributed by atoms with van der Waals surface area (Å²) in [5.41, 5.74) is 0.743. The smallest absolute Gasteiger partial charge is 0.258 e. The molecule has 80 valence electrons. The van der Waals surface area contributed by atoms with E-state index in [0.717, 1.165) is 0 Å². The highest BCUT2D eigenvalue weighted by Gasteiger charge is 2.03. The standard InChI is InChI=1S/C10H7N3O2S/c14-13(15)9-3-1-2-8(6-9)7-12-10-11-4-5-16-10/h1-7H/b12-7-. The van der Waals surface area contributed by atoms with Crippen LogP contribution in [0.15, 0.2) is 40.8 Å². The molecule has 0 aliphatic heterocycles. The van der Waals surface area contributed by atoms with Gasteiger partial charge in [-0.05, 0) is 5.56 Å². The van der Waals surface area contributed by atoms with Crippen molar-refractivity contribution >= 4 is 28.4 Å². The number of benzene rings is 1. The van der Waals surface area contributed by atoms with Crippen molar-refractivity contribution in [2.45, 2.75) is 0 Å². The van der Waals surface area contributed by atoms with E-state index in [2.05, 4.69) is 9.98 Å². The Labute approximate surface area is 95.3 Å². The Morgan fingerprint density at radius 2 is 2.38 bits per heavy atom. The second-order valence-electron chi connectivity index (χ2n) is 2.92. The summed E-state index contributed by atoms with van der Waals surface area (Å²) in [5, 5.41) is 13.0. The van der Waals surface area contributed by atoms with E-state index in [1.165, 1.54) is 23.5 Å². The van der Waals surface area contributed by atoms with Crippen LogP contribution in [-0.4, -0.2) is 16.1 Å². The molecule has 0 amide bonds. The van der Waals surface area contributed by atoms with Crippen molar-refractivity contribution in [2.75, 3.05) is 0 Å². The fourth-order valence-corrected chi connectivity index (χ4v) is 1.61. The molecule has 0 aliphatic carbocycles. The second kappa shape index (κ2) is 4.63. The minimum absolute atomic E-state index is 0.0584. The molecule has 0 radical (unpaired) electrons. The highest BCUT2D eigenvalue weighted by atomic mass is 32.1. The van der Waals surface area contributed by atoms with Crippen molar-refractivity contribution in [2.24, 2.45) is 4.99 Å². The van der Waals surface area contributed by atoms with Gasteiger partial charge in [0.15, 0.2) is 0 Å². The quantitative estimate of drug-likeness (QED) is 0.465. The van der Waals surface area contributed by atoms with E-state index in [-0.39, 0.29) is 5.69 Å². The van der Waals surface area contributed by atoms with Crippen LogP contribution in [0.2, 0.25) is 0 Å². The first-order valence-electron chi connectivity index (χ1n) is 4.44. The van der Waals surface area contributed by atoms with Crippen LogP contribution in [0.25, 0.3) is 0 Å². The molecule has 6 heteroatoms. The van der Waals surface area contributed by atoms with Gasteiger partial charge in [0.05, 0.1) is 4.92 Å². The zero-order valence-electron chi connectivity index (χ0n) is 8.11. The second-order valence-corrected chi connectivity index (χ2v) is 3.80. The van der Waals surface area contributed by atoms with Crippen LogP contribution in [0.3, 0.4) is 0 Å². The maximum absolute atomic E-state index is 10.5. The Balaban J connectivity index is 2.22. The van der Waals surface area contributed by atoms with Gasteiger partial charge in [0.25, 0.3) is 5.69 Å². The van der Waals surface area contributed by atoms with E-state index in [9.17, 15) is 10.1 Å². The maximum Gasteiger partial charge on any atom is 0.270 e. The molecule has 0 atom stereocenters. The number of nitro benzene ring substituents is 1. The summed E-state index contributed by atoms with van der Waals surface area (Å²) >= 11 is 1.41. The summed E-state index contributed by atoms with van der Waals surface area (Å²) in [6.07, 6.45) is 3.22. The minimum Gasteiger partial charge on any atom is -0.258 e. The van der Waals surface area contributed by atoms with Gasteiger partial charge in [0.2, 0.25) is 5.13 Å². The third-order valence-corrected chi connectivity index (χ3v) is 2.50. The zero-order valence-corrected chi connectivity index (χ0v) is 8.92. The van der Waals surface area contributed by atoms with Gasteiger partial charge < -0.3 is 0 Å². The van der Waals surface area contributed by atoms with E-state index in [1.807, 2.05) is 5.38 Å². The van der Waals surface area contributed by atoms with E-state index in [0.29, 0.717) is 10.7 Å². The molecular formula is C10H7N3O2S. The number of nitro groups is 1. The first kappa shape index (κ1) is 10.4. The predicted octanol–water partition coefficient (Wildman–Crippen LogP) is 2.80. The highest BCUT2D eigenvalue weighted by molar-refractivity contribution is 7.13. The number of aromatic nitrogens is 1. The Bertz CT molecular complexity index is 523. The van der Waals surface area contributed by atoms with Crippen LogP contribution in [0, 0.1) is 10.1 Å². The average molecular weight is 233 g/mol. The number of hydrogen-bond acceptors (Lipinski definition) is 5. The molecule has 0 saturated heterocycles. The van der Waals surface area contributed by atoms with Gasteiger partial charge in [-0.2, -0.15) is 0 Å². The summed E-state index contributed by atoms with van der Waals surface area (Å²) in [6, 6.07) is 6.29. The van der Waals surface area contributed by atoms with Crippen LogP contribution < -0.4 is 0 Å². The normalized spacial score (nSPS) is 10.8. The van der Waals surface area contributed by atoms with Gasteiger partial charge in [-0.15, -0.1) is 11.3 Å². The minimum atomic E-state index is -0.430. The summed E-state index contributed by atoms with van der Waals surface area (Å²) in [7, 11) is 0. The van der Waals surface area contributed by atoms with Crippen molar-refractivity contribution in [3.8, 4) is 0 Å². The summed E-state index contributed by atoms with van der Waals surface area (Å²) < 4.78 is 0. The fraction of sp³-hybridized carbons (Fsp3) is 0. The Hall–Kier alpha value is -2.08. The van der Waals surface area contributed by atoms with E-state index < -0.39 is 4.92 Å². The number of aliphatic imine (C=N–C) groups is 1. The van der Waals surface area contributed by atoms with Crippen LogP contribution in [-0.2, 0) is 0 Å². The summed E-state index contributed by atoms with van der Waals surface area (Å²) in [4.78, 5) is 18.2. The summed E-state index contributed by atoms with van der Waals surface area (Å²) in [6.45, 7) is 0. The van der Waals surface area contributed by atoms with Crippen LogP contribution in [0.5, 0.6) is 0 Å². The SMILES string of the molecule is O=[N+]([O-])c1cccc(/C=N\c2nccs2)c1. The lowest BCUT2D eigenvalue weighted by Crippen LogP contribution is -1.89. The van der Waals surface area contributed by atoms with Crippen LogP contribution in [0.1, 0.15) is 5.56 Å². The molecule has 0 bridgehead atoms. The molecule has 0 aliphatic rings. The van der Waals surface area contributed by atoms with Crippen molar-refractivity contribution in [1.82, 2.24) is 4.98 Å². The molecule has 0 spiro atoms. The topological polar surface area (TPSA) is 68.4 Å². The molecule has 5 nitrogen and oxygen atoms in total. The number of rotatable bonds is 3. The highest BCUT2D eigenvalue weighted by Crippen LogP contribution is 2.16. The average Bonchev–Trinajstić information content (AvgIpc) is 2.79. The van der Waals surface area contributed by atoms with Crippen molar-refractivity contribution in [3.05, 3.63) is 51.5 Å². The molecule has 0 N–H and O–H groups in total. The maximum atomic E-state index is 10.5. The van der Waals surface area contributed by atoms with Gasteiger partial charge in [-0.1, -0.05) is 12.1 Å². The predicted molar refractivity (Wildman–Crippen MR) is 62.5 cm³/mol. The van der Waals surface area contributed by atoms with Crippen molar-refractivity contribution < 1.29 is 4.92 Å². The molecule has 0 fully saturated rings. The Morgan fingerprint density at radius 3 is 3.06 bits per heavy atom. The largest absolute Gasteiger partial charge is 0.270 e. The van der Waals surface area contributed by atoms with Crippen molar-refractivity contribution in [3.63, 3.8) is 0 Å². The monoisotopic (exact) mass is 233 g/mol. The van der Waals surface area contributed by atoms with Crippen LogP contribution in [0.4, 0.5) is 10.8 Å². The lowest BCUT2D eigenvalue weighted by atomic mass is 10.2. The first-order valence-corrected chi connectivity index (χ1v) is 5.32. The number of nitrogens with zero attached hydrogens (tertiary/aromatic N) is 3. The van der Waals surface area contributed by atoms with Gasteiger partial charge >= 0.3 is 0 Å². The third-order valence-electron chi connectivity index (χ3n) is 1.82. The van der Waals surface area contributed by atoms with Gasteiger partial charge in [-0.25, -0.2) is 9.98 Å². The molecule has 1 aromatic heterocycles. The number of non-ortho nitro benzene ring substituents is 1. The van der Waals surface area contributed by atoms with E-state index in [1.54, 1.807) is 24.5 Å². The van der Waals surface area contributed by atoms with Gasteiger partial charge in [0.1, 0.15) is 0 Å².